The Bertz CT molecular complexity index is 306. The van der Waals surface area contributed by atoms with Crippen LogP contribution in [0.2, 0.25) is 0 Å². The maximum atomic E-state index is 10.3. The van der Waals surface area contributed by atoms with Crippen molar-refractivity contribution in [2.24, 2.45) is 0 Å². The first kappa shape index (κ1) is 22.5. The molecule has 0 aliphatic heterocycles. The molecule has 0 amide bonds. The Morgan fingerprint density at radius 3 is 1.95 bits per heavy atom. The minimum absolute atomic E-state index is 0. The minimum atomic E-state index is -0.675. The molecule has 0 fully saturated rings. The fourth-order valence-corrected chi connectivity index (χ4v) is 1.90. The summed E-state index contributed by atoms with van der Waals surface area (Å²) in [4.78, 5) is 10.3. The first-order chi connectivity index (χ1) is 9.77. The molecule has 0 aromatic heterocycles. The molecule has 0 rings (SSSR count). The van der Waals surface area contributed by atoms with Crippen molar-refractivity contribution in [3.63, 3.8) is 0 Å². The second-order valence-electron chi connectivity index (χ2n) is 4.99. The van der Waals surface area contributed by atoms with Gasteiger partial charge in [-0.05, 0) is 38.5 Å². The van der Waals surface area contributed by atoms with Crippen molar-refractivity contribution in [3.8, 4) is 0 Å². The Morgan fingerprint density at radius 1 is 0.810 bits per heavy atom. The molecular formula is C18H30CrO2. The maximum Gasteiger partial charge on any atom is 0.303 e. The third-order valence-electron chi connectivity index (χ3n) is 3.04. The van der Waals surface area contributed by atoms with E-state index in [9.17, 15) is 4.79 Å². The predicted octanol–water partition coefficient (Wildman–Crippen LogP) is 5.66. The van der Waals surface area contributed by atoms with Gasteiger partial charge in [-0.3, -0.25) is 4.79 Å². The monoisotopic (exact) mass is 330 g/mol. The standard InChI is InChI=1S/C18H30O2.Cr/c1-2-3-4-5-6-7-8-9-10-11-12-13-14-15-16-17-18(19)20;/h3-4,6-7,9-10H,2,5,8,11-17H2,1H3,(H,19,20);/b4-3-,7-6-,10-9-;. The van der Waals surface area contributed by atoms with Crippen LogP contribution in [0.25, 0.3) is 0 Å². The zero-order valence-electron chi connectivity index (χ0n) is 13.3. The number of rotatable bonds is 13. The van der Waals surface area contributed by atoms with Crippen LogP contribution in [0.1, 0.15) is 71.1 Å². The van der Waals surface area contributed by atoms with E-state index in [1.807, 2.05) is 0 Å². The van der Waals surface area contributed by atoms with Crippen LogP contribution in [0.5, 0.6) is 0 Å². The SMILES string of the molecule is CC/C=C\C/C=C\C/C=C\CCCCCCCC(=O)O.[Cr]. The van der Waals surface area contributed by atoms with E-state index in [1.54, 1.807) is 0 Å². The van der Waals surface area contributed by atoms with Crippen LogP contribution in [-0.4, -0.2) is 11.1 Å². The Morgan fingerprint density at radius 2 is 1.33 bits per heavy atom. The van der Waals surface area contributed by atoms with Crippen LogP contribution in [-0.2, 0) is 22.2 Å². The first-order valence-corrected chi connectivity index (χ1v) is 7.94. The fourth-order valence-electron chi connectivity index (χ4n) is 1.90. The van der Waals surface area contributed by atoms with E-state index >= 15 is 0 Å². The molecule has 0 heterocycles. The van der Waals surface area contributed by atoms with Crippen molar-refractivity contribution >= 4 is 5.97 Å². The van der Waals surface area contributed by atoms with Gasteiger partial charge in [-0.25, -0.2) is 0 Å². The summed E-state index contributed by atoms with van der Waals surface area (Å²) in [5.41, 5.74) is 0. The molecule has 1 N–H and O–H groups in total. The van der Waals surface area contributed by atoms with Gasteiger partial charge in [-0.2, -0.15) is 0 Å². The third-order valence-corrected chi connectivity index (χ3v) is 3.04. The number of hydrogen-bond donors (Lipinski definition) is 1. The minimum Gasteiger partial charge on any atom is -0.481 e. The number of unbranched alkanes of at least 4 members (excludes halogenated alkanes) is 5. The van der Waals surface area contributed by atoms with Crippen molar-refractivity contribution in [3.05, 3.63) is 36.5 Å². The Labute approximate surface area is 141 Å². The summed E-state index contributed by atoms with van der Waals surface area (Å²) in [6.07, 6.45) is 23.4. The number of hydrogen-bond acceptors (Lipinski definition) is 1. The van der Waals surface area contributed by atoms with Crippen LogP contribution < -0.4 is 0 Å². The molecule has 21 heavy (non-hydrogen) atoms. The Hall–Kier alpha value is -0.778. The van der Waals surface area contributed by atoms with Crippen LogP contribution >= 0.6 is 0 Å². The largest absolute Gasteiger partial charge is 0.481 e. The summed E-state index contributed by atoms with van der Waals surface area (Å²) < 4.78 is 0. The molecule has 0 atom stereocenters. The summed E-state index contributed by atoms with van der Waals surface area (Å²) in [6, 6.07) is 0. The van der Waals surface area contributed by atoms with Crippen molar-refractivity contribution in [1.82, 2.24) is 0 Å². The van der Waals surface area contributed by atoms with Crippen LogP contribution in [0, 0.1) is 0 Å². The van der Waals surface area contributed by atoms with E-state index < -0.39 is 5.97 Å². The summed E-state index contributed by atoms with van der Waals surface area (Å²) in [5.74, 6) is -0.675. The number of carboxylic acids is 1. The van der Waals surface area contributed by atoms with E-state index in [4.69, 9.17) is 5.11 Å². The molecule has 2 nitrogen and oxygen atoms in total. The zero-order valence-corrected chi connectivity index (χ0v) is 14.6. The molecule has 0 spiro atoms. The first-order valence-electron chi connectivity index (χ1n) is 7.94. The maximum absolute atomic E-state index is 10.3. The summed E-state index contributed by atoms with van der Waals surface area (Å²) in [5, 5.41) is 8.50. The van der Waals surface area contributed by atoms with E-state index in [0.29, 0.717) is 6.42 Å². The number of aliphatic carboxylic acids is 1. The van der Waals surface area contributed by atoms with Gasteiger partial charge in [0.1, 0.15) is 0 Å². The second kappa shape index (κ2) is 19.2. The van der Waals surface area contributed by atoms with Gasteiger partial charge in [0.15, 0.2) is 0 Å². The van der Waals surface area contributed by atoms with Gasteiger partial charge in [-0.1, -0.05) is 62.6 Å². The summed E-state index contributed by atoms with van der Waals surface area (Å²) in [7, 11) is 0. The number of carboxylic acid groups (broad SMARTS) is 1. The number of allylic oxidation sites excluding steroid dienone is 6. The van der Waals surface area contributed by atoms with Crippen molar-refractivity contribution in [1.29, 1.82) is 0 Å². The molecule has 0 unspecified atom stereocenters. The number of carbonyl (C=O) groups is 1. The normalized spacial score (nSPS) is 11.5. The summed E-state index contributed by atoms with van der Waals surface area (Å²) >= 11 is 0. The third kappa shape index (κ3) is 21.7. The zero-order chi connectivity index (χ0) is 14.9. The molecule has 0 aromatic carbocycles. The van der Waals surface area contributed by atoms with Crippen molar-refractivity contribution in [2.75, 3.05) is 0 Å². The van der Waals surface area contributed by atoms with Gasteiger partial charge < -0.3 is 5.11 Å². The van der Waals surface area contributed by atoms with E-state index in [0.717, 1.165) is 44.9 Å². The molecule has 0 aliphatic carbocycles. The van der Waals surface area contributed by atoms with Crippen LogP contribution in [0.15, 0.2) is 36.5 Å². The molecule has 0 bridgehead atoms. The fraction of sp³-hybridized carbons (Fsp3) is 0.611. The predicted molar refractivity (Wildman–Crippen MR) is 86.9 cm³/mol. The topological polar surface area (TPSA) is 37.3 Å². The molecule has 120 valence electrons. The Kier molecular flexibility index (Phi) is 20.6. The average molecular weight is 330 g/mol. The average Bonchev–Trinajstić information content (AvgIpc) is 2.43. The Balaban J connectivity index is 0. The van der Waals surface area contributed by atoms with E-state index in [1.165, 1.54) is 12.8 Å². The van der Waals surface area contributed by atoms with Gasteiger partial charge in [0.2, 0.25) is 0 Å². The van der Waals surface area contributed by atoms with Gasteiger partial charge in [-0.15, -0.1) is 0 Å². The summed E-state index contributed by atoms with van der Waals surface area (Å²) in [6.45, 7) is 2.15. The molecule has 3 heteroatoms. The molecule has 0 aliphatic rings. The van der Waals surface area contributed by atoms with Crippen LogP contribution in [0.4, 0.5) is 0 Å². The van der Waals surface area contributed by atoms with Crippen molar-refractivity contribution < 1.29 is 27.3 Å². The van der Waals surface area contributed by atoms with Crippen molar-refractivity contribution in [2.45, 2.75) is 71.1 Å². The van der Waals surface area contributed by atoms with E-state index in [2.05, 4.69) is 43.4 Å². The molecule has 0 saturated heterocycles. The van der Waals surface area contributed by atoms with Gasteiger partial charge in [0, 0.05) is 23.8 Å². The second-order valence-corrected chi connectivity index (χ2v) is 4.99. The molecule has 0 saturated carbocycles. The van der Waals surface area contributed by atoms with Gasteiger partial charge in [0.05, 0.1) is 0 Å². The molecular weight excluding hydrogens is 300 g/mol. The van der Waals surface area contributed by atoms with Crippen LogP contribution in [0.3, 0.4) is 0 Å². The van der Waals surface area contributed by atoms with Gasteiger partial charge >= 0.3 is 5.97 Å². The van der Waals surface area contributed by atoms with Gasteiger partial charge in [0.25, 0.3) is 0 Å². The smallest absolute Gasteiger partial charge is 0.303 e. The van der Waals surface area contributed by atoms with E-state index in [-0.39, 0.29) is 17.4 Å². The molecule has 0 aromatic rings. The quantitative estimate of drug-likeness (QED) is 0.349. The molecule has 0 radical (unpaired) electrons.